The van der Waals surface area contributed by atoms with Gasteiger partial charge in [0.15, 0.2) is 0 Å². The molecule has 0 amide bonds. The first-order valence-electron chi connectivity index (χ1n) is 12.3. The van der Waals surface area contributed by atoms with Crippen molar-refractivity contribution < 1.29 is 13.9 Å². The standard InChI is InChI=1S/C28H27FN4O2S2/c1-2-35-28(34)25-23(37-26(32)20(15-31)24(25)19-10-7-8-11-21(19)29)16-36-27-18(14-30)13-17-9-5-3-4-6-12-22(17)33-27/h7-8,10-11,13,24H,2-6,9,12,16,32H2,1H3/t24-/m0/s1. The quantitative estimate of drug-likeness (QED) is 0.361. The molecule has 6 nitrogen and oxygen atoms in total. The van der Waals surface area contributed by atoms with Crippen molar-refractivity contribution >= 4 is 29.5 Å². The molecule has 0 unspecified atom stereocenters. The Balaban J connectivity index is 1.76. The molecule has 1 aliphatic heterocycles. The number of aromatic nitrogens is 1. The summed E-state index contributed by atoms with van der Waals surface area (Å²) in [6.07, 6.45) is 6.29. The lowest BCUT2D eigenvalue weighted by Crippen LogP contribution is -2.24. The highest BCUT2D eigenvalue weighted by atomic mass is 32.2. The van der Waals surface area contributed by atoms with Gasteiger partial charge in [-0.3, -0.25) is 0 Å². The largest absolute Gasteiger partial charge is 0.463 e. The van der Waals surface area contributed by atoms with Crippen molar-refractivity contribution in [3.05, 3.63) is 79.6 Å². The number of nitrogens with zero attached hydrogens (tertiary/aromatic N) is 3. The second kappa shape index (κ2) is 12.3. The lowest BCUT2D eigenvalue weighted by molar-refractivity contribution is -0.138. The Labute approximate surface area is 224 Å². The van der Waals surface area contributed by atoms with Gasteiger partial charge in [0.1, 0.15) is 16.9 Å². The van der Waals surface area contributed by atoms with Gasteiger partial charge in [0, 0.05) is 21.9 Å². The molecule has 0 fully saturated rings. The summed E-state index contributed by atoms with van der Waals surface area (Å²) in [4.78, 5) is 18.6. The molecule has 1 atom stereocenters. The third kappa shape index (κ3) is 5.84. The third-order valence-corrected chi connectivity index (χ3v) is 8.69. The average Bonchev–Trinajstić information content (AvgIpc) is 2.88. The average molecular weight is 535 g/mol. The summed E-state index contributed by atoms with van der Waals surface area (Å²) in [5, 5.41) is 20.5. The van der Waals surface area contributed by atoms with Gasteiger partial charge in [0.25, 0.3) is 0 Å². The van der Waals surface area contributed by atoms with Gasteiger partial charge < -0.3 is 10.5 Å². The van der Waals surface area contributed by atoms with Crippen LogP contribution in [0.3, 0.4) is 0 Å². The Morgan fingerprint density at radius 2 is 1.97 bits per heavy atom. The van der Waals surface area contributed by atoms with Gasteiger partial charge in [-0.25, -0.2) is 14.2 Å². The smallest absolute Gasteiger partial charge is 0.335 e. The maximum Gasteiger partial charge on any atom is 0.335 e. The predicted octanol–water partition coefficient (Wildman–Crippen LogP) is 5.89. The highest BCUT2D eigenvalue weighted by molar-refractivity contribution is 8.08. The molecule has 2 heterocycles. The molecule has 9 heteroatoms. The number of ether oxygens (including phenoxy) is 1. The van der Waals surface area contributed by atoms with Crippen LogP contribution in [0.25, 0.3) is 0 Å². The van der Waals surface area contributed by atoms with Crippen molar-refractivity contribution in [3.8, 4) is 12.1 Å². The molecule has 37 heavy (non-hydrogen) atoms. The number of benzene rings is 1. The monoisotopic (exact) mass is 534 g/mol. The molecular formula is C28H27FN4O2S2. The minimum Gasteiger partial charge on any atom is -0.463 e. The Hall–Kier alpha value is -3.27. The van der Waals surface area contributed by atoms with E-state index in [1.165, 1.54) is 30.7 Å². The first-order chi connectivity index (χ1) is 18.0. The summed E-state index contributed by atoms with van der Waals surface area (Å²) < 4.78 is 20.3. The Kier molecular flexibility index (Phi) is 8.91. The van der Waals surface area contributed by atoms with Crippen LogP contribution in [-0.4, -0.2) is 23.3 Å². The molecule has 0 saturated heterocycles. The fourth-order valence-electron chi connectivity index (χ4n) is 4.67. The number of rotatable bonds is 6. The molecule has 1 aromatic heterocycles. The molecule has 1 aliphatic carbocycles. The van der Waals surface area contributed by atoms with Gasteiger partial charge in [0.05, 0.1) is 40.3 Å². The number of esters is 1. The number of hydrogen-bond acceptors (Lipinski definition) is 8. The summed E-state index contributed by atoms with van der Waals surface area (Å²) in [6.45, 7) is 1.82. The van der Waals surface area contributed by atoms with Gasteiger partial charge in [-0.05, 0) is 50.3 Å². The Morgan fingerprint density at radius 3 is 2.68 bits per heavy atom. The summed E-state index contributed by atoms with van der Waals surface area (Å²) >= 11 is 2.45. The number of fused-ring (bicyclic) bond motifs is 1. The summed E-state index contributed by atoms with van der Waals surface area (Å²) in [5.74, 6) is -1.88. The number of allylic oxidation sites excluding steroid dienone is 1. The number of hydrogen-bond donors (Lipinski definition) is 1. The Morgan fingerprint density at radius 1 is 1.22 bits per heavy atom. The van der Waals surface area contributed by atoms with Crippen LogP contribution in [0.4, 0.5) is 4.39 Å². The first kappa shape index (κ1) is 26.8. The number of carbonyl (C=O) groups is 1. The number of nitriles is 2. The second-order valence-electron chi connectivity index (χ2n) is 8.77. The van der Waals surface area contributed by atoms with Crippen molar-refractivity contribution in [2.45, 2.75) is 56.4 Å². The van der Waals surface area contributed by atoms with Crippen LogP contribution < -0.4 is 5.73 Å². The van der Waals surface area contributed by atoms with Crippen LogP contribution >= 0.6 is 23.5 Å². The van der Waals surface area contributed by atoms with Crippen molar-refractivity contribution in [1.29, 1.82) is 10.5 Å². The van der Waals surface area contributed by atoms with E-state index in [0.717, 1.165) is 48.7 Å². The Bertz CT molecular complexity index is 1360. The fourth-order valence-corrected chi connectivity index (χ4v) is 6.79. The van der Waals surface area contributed by atoms with E-state index in [2.05, 4.69) is 12.1 Å². The van der Waals surface area contributed by atoms with Gasteiger partial charge in [-0.15, -0.1) is 0 Å². The lowest BCUT2D eigenvalue weighted by Gasteiger charge is -2.28. The lowest BCUT2D eigenvalue weighted by atomic mass is 9.84. The first-order valence-corrected chi connectivity index (χ1v) is 14.1. The van der Waals surface area contributed by atoms with Crippen LogP contribution in [-0.2, 0) is 22.4 Å². The summed E-state index contributed by atoms with van der Waals surface area (Å²) in [5.41, 5.74) is 9.42. The number of nitrogens with two attached hydrogens (primary N) is 1. The minimum absolute atomic E-state index is 0.115. The molecule has 2 aromatic rings. The minimum atomic E-state index is -0.985. The van der Waals surface area contributed by atoms with Crippen molar-refractivity contribution in [2.75, 3.05) is 12.4 Å². The number of pyridine rings is 1. The van der Waals surface area contributed by atoms with Crippen molar-refractivity contribution in [3.63, 3.8) is 0 Å². The van der Waals surface area contributed by atoms with Crippen molar-refractivity contribution in [2.24, 2.45) is 5.73 Å². The van der Waals surface area contributed by atoms with Gasteiger partial charge in [0.2, 0.25) is 0 Å². The van der Waals surface area contributed by atoms with E-state index >= 15 is 0 Å². The van der Waals surface area contributed by atoms with Gasteiger partial charge in [-0.2, -0.15) is 10.5 Å². The molecule has 4 rings (SSSR count). The van der Waals surface area contributed by atoms with E-state index in [4.69, 9.17) is 15.5 Å². The molecule has 0 radical (unpaired) electrons. The molecule has 0 spiro atoms. The summed E-state index contributed by atoms with van der Waals surface area (Å²) in [7, 11) is 0. The highest BCUT2D eigenvalue weighted by Crippen LogP contribution is 2.47. The van der Waals surface area contributed by atoms with E-state index in [1.54, 1.807) is 25.1 Å². The number of aryl methyl sites for hydroxylation is 2. The van der Waals surface area contributed by atoms with Crippen LogP contribution in [0.5, 0.6) is 0 Å². The number of halogens is 1. The van der Waals surface area contributed by atoms with E-state index < -0.39 is 17.7 Å². The zero-order valence-corrected chi connectivity index (χ0v) is 22.2. The maximum absolute atomic E-state index is 14.9. The normalized spacial score (nSPS) is 17.8. The van der Waals surface area contributed by atoms with E-state index in [-0.39, 0.29) is 34.1 Å². The molecule has 2 N–H and O–H groups in total. The second-order valence-corrected chi connectivity index (χ2v) is 10.9. The fraction of sp³-hybridized carbons (Fsp3) is 0.357. The topological polar surface area (TPSA) is 113 Å². The number of carbonyl (C=O) groups excluding carboxylic acids is 1. The van der Waals surface area contributed by atoms with Gasteiger partial charge in [-0.1, -0.05) is 54.6 Å². The zero-order valence-electron chi connectivity index (χ0n) is 20.6. The molecule has 0 bridgehead atoms. The molecular weight excluding hydrogens is 507 g/mol. The number of thioether (sulfide) groups is 2. The van der Waals surface area contributed by atoms with Crippen LogP contribution in [0.1, 0.15) is 60.9 Å². The van der Waals surface area contributed by atoms with E-state index in [1.807, 2.05) is 6.07 Å². The molecule has 2 aliphatic rings. The van der Waals surface area contributed by atoms with E-state index in [0.29, 0.717) is 15.5 Å². The summed E-state index contributed by atoms with van der Waals surface area (Å²) in [6, 6.07) is 12.3. The van der Waals surface area contributed by atoms with Crippen LogP contribution in [0, 0.1) is 28.5 Å². The van der Waals surface area contributed by atoms with Gasteiger partial charge >= 0.3 is 5.97 Å². The van der Waals surface area contributed by atoms with E-state index in [9.17, 15) is 19.7 Å². The van der Waals surface area contributed by atoms with Crippen LogP contribution in [0.15, 0.2) is 56.4 Å². The molecule has 190 valence electrons. The van der Waals surface area contributed by atoms with Crippen LogP contribution in [0.2, 0.25) is 0 Å². The van der Waals surface area contributed by atoms with Crippen molar-refractivity contribution in [1.82, 2.24) is 4.98 Å². The molecule has 1 aromatic carbocycles. The SMILES string of the molecule is CCOC(=O)C1=C(CSc2nc3c(cc2C#N)CCCCCC3)SC(N)=C(C#N)[C@@H]1c1ccccc1F. The highest BCUT2D eigenvalue weighted by Gasteiger charge is 2.37. The molecule has 0 saturated carbocycles. The predicted molar refractivity (Wildman–Crippen MR) is 143 cm³/mol. The third-order valence-electron chi connectivity index (χ3n) is 6.43. The zero-order chi connectivity index (χ0) is 26.4. The maximum atomic E-state index is 14.9.